The van der Waals surface area contributed by atoms with Crippen molar-refractivity contribution in [2.45, 2.75) is 32.0 Å². The zero-order chi connectivity index (χ0) is 22.2. The number of anilines is 1. The molecule has 7 nitrogen and oxygen atoms in total. The molecule has 2 heterocycles. The van der Waals surface area contributed by atoms with Crippen LogP contribution >= 0.6 is 0 Å². The smallest absolute Gasteiger partial charge is 0.239 e. The highest BCUT2D eigenvalue weighted by atomic mass is 16.2. The van der Waals surface area contributed by atoms with Gasteiger partial charge in [-0.15, -0.1) is 0 Å². The third-order valence-corrected chi connectivity index (χ3v) is 6.20. The predicted molar refractivity (Wildman–Crippen MR) is 130 cm³/mol. The van der Waals surface area contributed by atoms with E-state index in [1.807, 2.05) is 7.05 Å². The summed E-state index contributed by atoms with van der Waals surface area (Å²) in [6.45, 7) is 5.92. The molecule has 7 heteroatoms. The number of benzene rings is 2. The van der Waals surface area contributed by atoms with Crippen molar-refractivity contribution in [2.24, 2.45) is 4.99 Å². The van der Waals surface area contributed by atoms with Crippen molar-refractivity contribution < 1.29 is 4.79 Å². The van der Waals surface area contributed by atoms with Crippen LogP contribution in [-0.4, -0.2) is 62.6 Å². The highest BCUT2D eigenvalue weighted by Gasteiger charge is 2.20. The molecule has 0 aromatic heterocycles. The van der Waals surface area contributed by atoms with E-state index in [0.29, 0.717) is 25.7 Å². The molecular formula is C25H34N6O. The number of piperazine rings is 1. The van der Waals surface area contributed by atoms with E-state index in [0.717, 1.165) is 50.7 Å². The molecular weight excluding hydrogens is 400 g/mol. The summed E-state index contributed by atoms with van der Waals surface area (Å²) in [5.74, 6) is 0.936. The van der Waals surface area contributed by atoms with Crippen molar-refractivity contribution in [1.82, 2.24) is 20.9 Å². The molecule has 2 saturated heterocycles. The first kappa shape index (κ1) is 22.1. The van der Waals surface area contributed by atoms with E-state index >= 15 is 0 Å². The van der Waals surface area contributed by atoms with Gasteiger partial charge in [0.05, 0.1) is 6.54 Å². The van der Waals surface area contributed by atoms with Crippen LogP contribution in [0.25, 0.3) is 0 Å². The molecule has 0 aliphatic carbocycles. The van der Waals surface area contributed by atoms with Crippen LogP contribution in [-0.2, 0) is 17.9 Å². The van der Waals surface area contributed by atoms with Gasteiger partial charge in [-0.05, 0) is 36.1 Å². The Kier molecular flexibility index (Phi) is 7.61. The molecule has 170 valence electrons. The van der Waals surface area contributed by atoms with Crippen molar-refractivity contribution in [3.05, 3.63) is 65.7 Å². The second kappa shape index (κ2) is 11.0. The zero-order valence-corrected chi connectivity index (χ0v) is 18.9. The first-order chi connectivity index (χ1) is 15.7. The van der Waals surface area contributed by atoms with Crippen molar-refractivity contribution in [3.8, 4) is 0 Å². The van der Waals surface area contributed by atoms with Gasteiger partial charge < -0.3 is 20.9 Å². The van der Waals surface area contributed by atoms with Crippen molar-refractivity contribution in [1.29, 1.82) is 0 Å². The van der Waals surface area contributed by atoms with Crippen molar-refractivity contribution in [2.75, 3.05) is 44.7 Å². The number of carbonyl (C=O) groups excluding carboxylic acids is 1. The molecule has 2 fully saturated rings. The number of likely N-dealkylation sites (tertiary alicyclic amines) is 1. The lowest BCUT2D eigenvalue weighted by Crippen LogP contribution is -2.48. The van der Waals surface area contributed by atoms with E-state index in [-0.39, 0.29) is 5.91 Å². The summed E-state index contributed by atoms with van der Waals surface area (Å²) in [4.78, 5) is 20.7. The highest BCUT2D eigenvalue weighted by Crippen LogP contribution is 2.16. The number of guanidine groups is 1. The molecule has 3 N–H and O–H groups in total. The molecule has 2 aliphatic rings. The maximum absolute atomic E-state index is 11.6. The van der Waals surface area contributed by atoms with Gasteiger partial charge in [0.25, 0.3) is 0 Å². The number of nitrogens with one attached hydrogen (secondary N) is 3. The van der Waals surface area contributed by atoms with Crippen LogP contribution in [0, 0.1) is 0 Å². The Bertz CT molecular complexity index is 890. The Hall–Kier alpha value is -3.06. The lowest BCUT2D eigenvalue weighted by atomic mass is 10.0. The number of rotatable bonds is 6. The largest absolute Gasteiger partial charge is 0.360 e. The van der Waals surface area contributed by atoms with Crippen molar-refractivity contribution >= 4 is 17.6 Å². The molecule has 2 aliphatic heterocycles. The molecule has 0 spiro atoms. The van der Waals surface area contributed by atoms with Gasteiger partial charge in [-0.2, -0.15) is 0 Å². The minimum atomic E-state index is 0.0859. The fourth-order valence-electron chi connectivity index (χ4n) is 4.33. The average Bonchev–Trinajstić information content (AvgIpc) is 2.84. The van der Waals surface area contributed by atoms with Gasteiger partial charge >= 0.3 is 0 Å². The number of carbonyl (C=O) groups is 1. The Morgan fingerprint density at radius 3 is 2.47 bits per heavy atom. The van der Waals surface area contributed by atoms with Gasteiger partial charge in [0.2, 0.25) is 5.91 Å². The second-order valence-corrected chi connectivity index (χ2v) is 8.54. The van der Waals surface area contributed by atoms with Crippen LogP contribution in [0.3, 0.4) is 0 Å². The molecule has 2 aromatic carbocycles. The standard InChI is InChI=1S/C25H34N6O/c1-26-25(29-22-11-14-30(15-12-22)18-21-5-3-2-4-6-21)28-17-20-7-9-23(10-8-20)31-16-13-27-24(32)19-31/h2-10,22H,11-19H2,1H3,(H,27,32)(H2,26,28,29). The molecule has 0 unspecified atom stereocenters. The monoisotopic (exact) mass is 434 g/mol. The van der Waals surface area contributed by atoms with Crippen LogP contribution < -0.4 is 20.9 Å². The SMILES string of the molecule is CN=C(NCc1ccc(N2CCNC(=O)C2)cc1)NC1CCN(Cc2ccccc2)CC1. The van der Waals surface area contributed by atoms with E-state index in [4.69, 9.17) is 0 Å². The summed E-state index contributed by atoms with van der Waals surface area (Å²) in [7, 11) is 1.82. The molecule has 2 aromatic rings. The number of hydrogen-bond donors (Lipinski definition) is 3. The van der Waals surface area contributed by atoms with E-state index in [1.54, 1.807) is 0 Å². The molecule has 32 heavy (non-hydrogen) atoms. The Labute approximate surface area is 190 Å². The maximum atomic E-state index is 11.6. The lowest BCUT2D eigenvalue weighted by Gasteiger charge is -2.33. The highest BCUT2D eigenvalue weighted by molar-refractivity contribution is 5.82. The summed E-state index contributed by atoms with van der Waals surface area (Å²) in [5, 5.41) is 9.89. The number of piperidine rings is 1. The number of hydrogen-bond acceptors (Lipinski definition) is 4. The fourth-order valence-corrected chi connectivity index (χ4v) is 4.33. The van der Waals surface area contributed by atoms with Gasteiger partial charge in [0.1, 0.15) is 0 Å². The second-order valence-electron chi connectivity index (χ2n) is 8.54. The zero-order valence-electron chi connectivity index (χ0n) is 18.9. The molecule has 0 radical (unpaired) electrons. The maximum Gasteiger partial charge on any atom is 0.239 e. The minimum absolute atomic E-state index is 0.0859. The van der Waals surface area contributed by atoms with E-state index in [1.165, 1.54) is 11.1 Å². The lowest BCUT2D eigenvalue weighted by molar-refractivity contribution is -0.120. The molecule has 0 saturated carbocycles. The molecule has 4 rings (SSSR count). The molecule has 0 atom stereocenters. The van der Waals surface area contributed by atoms with Crippen LogP contribution in [0.1, 0.15) is 24.0 Å². The van der Waals surface area contributed by atoms with E-state index in [2.05, 4.69) is 85.3 Å². The van der Waals surface area contributed by atoms with E-state index < -0.39 is 0 Å². The predicted octanol–water partition coefficient (Wildman–Crippen LogP) is 1.95. The van der Waals surface area contributed by atoms with Gasteiger partial charge in [-0.25, -0.2) is 0 Å². The minimum Gasteiger partial charge on any atom is -0.360 e. The third-order valence-electron chi connectivity index (χ3n) is 6.20. The van der Waals surface area contributed by atoms with Crippen molar-refractivity contribution in [3.63, 3.8) is 0 Å². The summed E-state index contributed by atoms with van der Waals surface area (Å²) >= 11 is 0. The summed E-state index contributed by atoms with van der Waals surface area (Å²) in [6, 6.07) is 19.6. The Morgan fingerprint density at radius 2 is 1.78 bits per heavy atom. The first-order valence-corrected chi connectivity index (χ1v) is 11.5. The summed E-state index contributed by atoms with van der Waals surface area (Å²) in [5.41, 5.74) is 3.66. The normalized spacial score (nSPS) is 18.3. The Morgan fingerprint density at radius 1 is 1.03 bits per heavy atom. The van der Waals surface area contributed by atoms with Gasteiger partial charge in [-0.1, -0.05) is 42.5 Å². The fraction of sp³-hybridized carbons (Fsp3) is 0.440. The number of nitrogens with zero attached hydrogens (tertiary/aromatic N) is 3. The number of aliphatic imine (C=N–C) groups is 1. The first-order valence-electron chi connectivity index (χ1n) is 11.5. The van der Waals surface area contributed by atoms with Gasteiger partial charge in [0, 0.05) is 58.0 Å². The summed E-state index contributed by atoms with van der Waals surface area (Å²) in [6.07, 6.45) is 2.23. The van der Waals surface area contributed by atoms with Crippen LogP contribution in [0.5, 0.6) is 0 Å². The topological polar surface area (TPSA) is 72.0 Å². The van der Waals surface area contributed by atoms with Crippen LogP contribution in [0.4, 0.5) is 5.69 Å². The van der Waals surface area contributed by atoms with Crippen LogP contribution in [0.15, 0.2) is 59.6 Å². The van der Waals surface area contributed by atoms with Crippen LogP contribution in [0.2, 0.25) is 0 Å². The Balaban J connectivity index is 1.20. The quantitative estimate of drug-likeness (QED) is 0.479. The third kappa shape index (κ3) is 6.23. The molecule has 1 amide bonds. The summed E-state index contributed by atoms with van der Waals surface area (Å²) < 4.78 is 0. The van der Waals surface area contributed by atoms with Gasteiger partial charge in [0.15, 0.2) is 5.96 Å². The van der Waals surface area contributed by atoms with E-state index in [9.17, 15) is 4.79 Å². The van der Waals surface area contributed by atoms with Gasteiger partial charge in [-0.3, -0.25) is 14.7 Å². The average molecular weight is 435 g/mol. The number of amides is 1. The molecule has 0 bridgehead atoms.